The number of aliphatic carboxylic acids is 1. The molecule has 0 bridgehead atoms. The van der Waals surface area contributed by atoms with E-state index in [0.29, 0.717) is 11.8 Å². The lowest BCUT2D eigenvalue weighted by Gasteiger charge is -2.48. The Balaban J connectivity index is 1.50. The van der Waals surface area contributed by atoms with Crippen LogP contribution in [0.5, 0.6) is 0 Å². The third-order valence-electron chi connectivity index (χ3n) is 6.50. The van der Waals surface area contributed by atoms with E-state index in [4.69, 9.17) is 5.11 Å². The predicted octanol–water partition coefficient (Wildman–Crippen LogP) is 4.55. The standard InChI is InChI=1S/C22H32O3/c23-21-14-13-18-17(10-4-5-12-22(24)25)15-20(18)19(21)11-6-9-16-7-2-1-3-8-16/h10,16,18-21,23H,1-5,7-9,12-15H2,(H,24,25)/b17-10-/t18-,19-,20+,21-/m1/s1. The molecule has 2 N–H and O–H groups in total. The van der Waals surface area contributed by atoms with Crippen molar-refractivity contribution in [2.45, 2.75) is 83.2 Å². The van der Waals surface area contributed by atoms with Crippen LogP contribution in [0.15, 0.2) is 11.6 Å². The third kappa shape index (κ3) is 4.88. The van der Waals surface area contributed by atoms with Crippen molar-refractivity contribution in [3.63, 3.8) is 0 Å². The molecule has 0 radical (unpaired) electrons. The number of carbonyl (C=O) groups is 1. The SMILES string of the molecule is O=C(O)CCC/C=C1/C[C@@H]2[C@@H](C#CCC3CCCCC3)[C@H](O)CC[C@H]12. The molecule has 0 amide bonds. The maximum Gasteiger partial charge on any atom is 0.303 e. The van der Waals surface area contributed by atoms with Gasteiger partial charge in [0.1, 0.15) is 0 Å². The molecule has 0 aliphatic heterocycles. The second kappa shape index (κ2) is 8.90. The Morgan fingerprint density at radius 2 is 1.96 bits per heavy atom. The molecule has 0 spiro atoms. The van der Waals surface area contributed by atoms with Crippen molar-refractivity contribution in [1.82, 2.24) is 0 Å². The zero-order chi connectivity index (χ0) is 17.6. The highest BCUT2D eigenvalue weighted by molar-refractivity contribution is 5.66. The molecule has 0 saturated heterocycles. The van der Waals surface area contributed by atoms with Gasteiger partial charge >= 0.3 is 5.97 Å². The topological polar surface area (TPSA) is 57.5 Å². The van der Waals surface area contributed by atoms with Crippen molar-refractivity contribution in [2.75, 3.05) is 0 Å². The van der Waals surface area contributed by atoms with Gasteiger partial charge in [-0.3, -0.25) is 4.79 Å². The molecular formula is C22H32O3. The number of allylic oxidation sites excluding steroid dienone is 2. The summed E-state index contributed by atoms with van der Waals surface area (Å²) in [5.41, 5.74) is 1.49. The molecule has 25 heavy (non-hydrogen) atoms. The van der Waals surface area contributed by atoms with E-state index in [1.807, 2.05) is 0 Å². The van der Waals surface area contributed by atoms with Crippen LogP contribution in [0, 0.1) is 35.5 Å². The van der Waals surface area contributed by atoms with Crippen molar-refractivity contribution < 1.29 is 15.0 Å². The molecule has 4 atom stereocenters. The minimum atomic E-state index is -0.709. The summed E-state index contributed by atoms with van der Waals surface area (Å²) in [6.45, 7) is 0. The number of fused-ring (bicyclic) bond motifs is 1. The van der Waals surface area contributed by atoms with E-state index in [0.717, 1.165) is 44.4 Å². The zero-order valence-electron chi connectivity index (χ0n) is 15.3. The average molecular weight is 344 g/mol. The van der Waals surface area contributed by atoms with E-state index in [9.17, 15) is 9.90 Å². The highest BCUT2D eigenvalue weighted by atomic mass is 16.4. The van der Waals surface area contributed by atoms with Gasteiger partial charge in [-0.2, -0.15) is 0 Å². The lowest BCUT2D eigenvalue weighted by atomic mass is 9.57. The van der Waals surface area contributed by atoms with Crippen LogP contribution in [0.4, 0.5) is 0 Å². The largest absolute Gasteiger partial charge is 0.481 e. The number of carboxylic acid groups (broad SMARTS) is 1. The monoisotopic (exact) mass is 344 g/mol. The zero-order valence-corrected chi connectivity index (χ0v) is 15.3. The van der Waals surface area contributed by atoms with Gasteiger partial charge in [0.05, 0.1) is 6.10 Å². The molecule has 3 nitrogen and oxygen atoms in total. The molecule has 0 heterocycles. The first-order chi connectivity index (χ1) is 12.1. The summed E-state index contributed by atoms with van der Waals surface area (Å²) >= 11 is 0. The number of carboxylic acids is 1. The van der Waals surface area contributed by atoms with Gasteiger partial charge in [-0.25, -0.2) is 0 Å². The molecule has 3 fully saturated rings. The van der Waals surface area contributed by atoms with E-state index in [1.165, 1.54) is 37.7 Å². The Hall–Kier alpha value is -1.27. The smallest absolute Gasteiger partial charge is 0.303 e. The second-order valence-electron chi connectivity index (χ2n) is 8.24. The lowest BCUT2D eigenvalue weighted by Crippen LogP contribution is -2.44. The Morgan fingerprint density at radius 3 is 2.72 bits per heavy atom. The maximum absolute atomic E-state index is 10.6. The van der Waals surface area contributed by atoms with Gasteiger partial charge in [0.15, 0.2) is 0 Å². The summed E-state index contributed by atoms with van der Waals surface area (Å²) in [7, 11) is 0. The molecular weight excluding hydrogens is 312 g/mol. The van der Waals surface area contributed by atoms with Gasteiger partial charge in [-0.1, -0.05) is 36.8 Å². The van der Waals surface area contributed by atoms with Gasteiger partial charge < -0.3 is 10.2 Å². The van der Waals surface area contributed by atoms with E-state index in [-0.39, 0.29) is 18.4 Å². The molecule has 0 aromatic carbocycles. The second-order valence-corrected chi connectivity index (χ2v) is 8.24. The van der Waals surface area contributed by atoms with Gasteiger partial charge in [0, 0.05) is 18.8 Å². The van der Waals surface area contributed by atoms with Crippen molar-refractivity contribution in [3.05, 3.63) is 11.6 Å². The fourth-order valence-corrected chi connectivity index (χ4v) is 4.96. The first-order valence-corrected chi connectivity index (χ1v) is 10.2. The van der Waals surface area contributed by atoms with E-state index < -0.39 is 5.97 Å². The van der Waals surface area contributed by atoms with Gasteiger partial charge in [-0.05, 0) is 62.7 Å². The third-order valence-corrected chi connectivity index (χ3v) is 6.50. The molecule has 3 aliphatic carbocycles. The van der Waals surface area contributed by atoms with E-state index in [2.05, 4.69) is 17.9 Å². The Morgan fingerprint density at radius 1 is 1.16 bits per heavy atom. The Bertz CT molecular complexity index is 547. The lowest BCUT2D eigenvalue weighted by molar-refractivity contribution is -0.137. The Kier molecular flexibility index (Phi) is 6.59. The van der Waals surface area contributed by atoms with Crippen LogP contribution in [-0.2, 0) is 4.79 Å². The first kappa shape index (κ1) is 18.5. The molecule has 3 rings (SSSR count). The molecule has 3 heteroatoms. The van der Waals surface area contributed by atoms with Crippen LogP contribution in [0.25, 0.3) is 0 Å². The summed E-state index contributed by atoms with van der Waals surface area (Å²) in [5.74, 6) is 8.20. The van der Waals surface area contributed by atoms with Crippen molar-refractivity contribution in [3.8, 4) is 11.8 Å². The van der Waals surface area contributed by atoms with Crippen molar-refractivity contribution >= 4 is 5.97 Å². The summed E-state index contributed by atoms with van der Waals surface area (Å²) in [6, 6.07) is 0. The molecule has 0 unspecified atom stereocenters. The van der Waals surface area contributed by atoms with Gasteiger partial charge in [0.25, 0.3) is 0 Å². The van der Waals surface area contributed by atoms with Crippen LogP contribution in [-0.4, -0.2) is 22.3 Å². The summed E-state index contributed by atoms with van der Waals surface area (Å²) in [4.78, 5) is 10.6. The normalized spacial score (nSPS) is 33.9. The Labute approximate surface area is 151 Å². The van der Waals surface area contributed by atoms with Crippen LogP contribution in [0.1, 0.15) is 77.0 Å². The number of rotatable bonds is 5. The van der Waals surface area contributed by atoms with Crippen molar-refractivity contribution in [1.29, 1.82) is 0 Å². The van der Waals surface area contributed by atoms with Crippen LogP contribution >= 0.6 is 0 Å². The summed E-state index contributed by atoms with van der Waals surface area (Å²) in [5, 5.41) is 19.1. The summed E-state index contributed by atoms with van der Waals surface area (Å²) in [6.07, 6.45) is 14.6. The molecule has 3 aliphatic rings. The number of hydrogen-bond donors (Lipinski definition) is 2. The number of aliphatic hydroxyl groups is 1. The van der Waals surface area contributed by atoms with Crippen molar-refractivity contribution in [2.24, 2.45) is 23.7 Å². The van der Waals surface area contributed by atoms with E-state index in [1.54, 1.807) is 0 Å². The van der Waals surface area contributed by atoms with Crippen LogP contribution < -0.4 is 0 Å². The number of aliphatic hydroxyl groups excluding tert-OH is 1. The fraction of sp³-hybridized carbons (Fsp3) is 0.773. The highest BCUT2D eigenvalue weighted by Crippen LogP contribution is 2.51. The molecule has 3 saturated carbocycles. The van der Waals surface area contributed by atoms with E-state index >= 15 is 0 Å². The molecule has 138 valence electrons. The summed E-state index contributed by atoms with van der Waals surface area (Å²) < 4.78 is 0. The minimum Gasteiger partial charge on any atom is -0.481 e. The predicted molar refractivity (Wildman–Crippen MR) is 98.9 cm³/mol. The molecule has 0 aromatic heterocycles. The average Bonchev–Trinajstić information content (AvgIpc) is 2.58. The fourth-order valence-electron chi connectivity index (χ4n) is 4.96. The first-order valence-electron chi connectivity index (χ1n) is 10.2. The maximum atomic E-state index is 10.6. The van der Waals surface area contributed by atoms with Gasteiger partial charge in [-0.15, -0.1) is 5.92 Å². The molecule has 0 aromatic rings. The van der Waals surface area contributed by atoms with Crippen LogP contribution in [0.3, 0.4) is 0 Å². The van der Waals surface area contributed by atoms with Gasteiger partial charge in [0.2, 0.25) is 0 Å². The number of unbranched alkanes of at least 4 members (excludes halogenated alkanes) is 1. The van der Waals surface area contributed by atoms with Crippen LogP contribution in [0.2, 0.25) is 0 Å². The number of hydrogen-bond acceptors (Lipinski definition) is 2. The highest BCUT2D eigenvalue weighted by Gasteiger charge is 2.45. The minimum absolute atomic E-state index is 0.151. The quantitative estimate of drug-likeness (QED) is 0.437.